The number of benzene rings is 3. The fourth-order valence-corrected chi connectivity index (χ4v) is 5.70. The molecule has 204 valence electrons. The van der Waals surface area contributed by atoms with Gasteiger partial charge in [-0.2, -0.15) is 0 Å². The van der Waals surface area contributed by atoms with Crippen LogP contribution in [-0.4, -0.2) is 46.2 Å². The van der Waals surface area contributed by atoms with Crippen molar-refractivity contribution >= 4 is 40.1 Å². The van der Waals surface area contributed by atoms with Crippen molar-refractivity contribution in [1.82, 2.24) is 9.80 Å². The fourth-order valence-electron chi connectivity index (χ4n) is 5.70. The maximum absolute atomic E-state index is 13.3. The van der Waals surface area contributed by atoms with E-state index in [4.69, 9.17) is 0 Å². The van der Waals surface area contributed by atoms with E-state index in [1.807, 2.05) is 41.3 Å². The normalized spacial score (nSPS) is 18.1. The van der Waals surface area contributed by atoms with Crippen LogP contribution >= 0.6 is 0 Å². The number of rotatable bonds is 8. The number of likely N-dealkylation sites (tertiary alicyclic amines) is 2. The summed E-state index contributed by atoms with van der Waals surface area (Å²) < 4.78 is 0. The number of nitrogens with one attached hydrogen (secondary N) is 2. The third-order valence-corrected chi connectivity index (χ3v) is 7.82. The van der Waals surface area contributed by atoms with Gasteiger partial charge in [-0.05, 0) is 67.2 Å². The molecule has 2 N–H and O–H groups in total. The van der Waals surface area contributed by atoms with Gasteiger partial charge in [0.25, 0.3) is 11.6 Å². The molecule has 0 unspecified atom stereocenters. The van der Waals surface area contributed by atoms with Gasteiger partial charge in [-0.25, -0.2) is 0 Å². The van der Waals surface area contributed by atoms with Crippen molar-refractivity contribution in [3.8, 4) is 0 Å². The van der Waals surface area contributed by atoms with Crippen LogP contribution in [-0.2, 0) is 22.7 Å². The van der Waals surface area contributed by atoms with Crippen LogP contribution in [0.3, 0.4) is 0 Å². The van der Waals surface area contributed by atoms with Gasteiger partial charge in [0.1, 0.15) is 0 Å². The van der Waals surface area contributed by atoms with E-state index in [2.05, 4.69) is 27.7 Å². The zero-order chi connectivity index (χ0) is 27.6. The molecule has 9 nitrogen and oxygen atoms in total. The molecule has 2 amide bonds. The number of hydrogen-bond acceptors (Lipinski definition) is 6. The van der Waals surface area contributed by atoms with Crippen molar-refractivity contribution in [3.05, 3.63) is 99.1 Å². The van der Waals surface area contributed by atoms with Crippen LogP contribution in [0.25, 0.3) is 11.3 Å². The molecule has 6 rings (SSSR count). The van der Waals surface area contributed by atoms with Crippen molar-refractivity contribution in [2.24, 2.45) is 0 Å². The smallest absolute Gasteiger partial charge is 0.270 e. The molecular weight excluding hydrogens is 506 g/mol. The number of carbonyl (C=O) groups is 2. The summed E-state index contributed by atoms with van der Waals surface area (Å²) in [7, 11) is 0. The van der Waals surface area contributed by atoms with Crippen LogP contribution < -0.4 is 10.6 Å². The largest absolute Gasteiger partial charge is 0.354 e. The van der Waals surface area contributed by atoms with Gasteiger partial charge in [-0.1, -0.05) is 36.4 Å². The Bertz CT molecular complexity index is 1490. The zero-order valence-electron chi connectivity index (χ0n) is 22.2. The molecule has 3 aliphatic rings. The standard InChI is InChI=1S/C31H31N5O4/c37-28-4-3-17-35(28)20-22-5-9-23(10-6-22)30(29-26-18-25(36(39)40)13-14-27(26)33-31(29)38)32-24-11-7-21(8-12-24)19-34-15-1-2-16-34/h5-14,18,32H,1-4,15-17,19-20H2,(H,33,38). The molecule has 3 aliphatic heterocycles. The third kappa shape index (κ3) is 5.33. The summed E-state index contributed by atoms with van der Waals surface area (Å²) in [6, 6.07) is 20.4. The third-order valence-electron chi connectivity index (χ3n) is 7.82. The average molecular weight is 538 g/mol. The number of anilines is 2. The molecular formula is C31H31N5O4. The lowest BCUT2D eigenvalue weighted by Crippen LogP contribution is -2.23. The number of nitrogens with zero attached hydrogens (tertiary/aromatic N) is 3. The van der Waals surface area contributed by atoms with Gasteiger partial charge in [0.15, 0.2) is 0 Å². The van der Waals surface area contributed by atoms with E-state index >= 15 is 0 Å². The predicted molar refractivity (Wildman–Crippen MR) is 154 cm³/mol. The number of carbonyl (C=O) groups excluding carboxylic acids is 2. The second-order valence-electron chi connectivity index (χ2n) is 10.6. The van der Waals surface area contributed by atoms with Crippen molar-refractivity contribution in [2.45, 2.75) is 38.8 Å². The summed E-state index contributed by atoms with van der Waals surface area (Å²) in [6.45, 7) is 4.47. The van der Waals surface area contributed by atoms with Crippen molar-refractivity contribution in [1.29, 1.82) is 0 Å². The van der Waals surface area contributed by atoms with Crippen LogP contribution in [0.1, 0.15) is 47.9 Å². The fraction of sp³-hybridized carbons (Fsp3) is 0.290. The van der Waals surface area contributed by atoms with Crippen molar-refractivity contribution < 1.29 is 14.5 Å². The van der Waals surface area contributed by atoms with E-state index in [1.165, 1.54) is 30.5 Å². The first kappa shape index (κ1) is 25.8. The van der Waals surface area contributed by atoms with E-state index in [-0.39, 0.29) is 17.5 Å². The molecule has 40 heavy (non-hydrogen) atoms. The van der Waals surface area contributed by atoms with Gasteiger partial charge >= 0.3 is 0 Å². The summed E-state index contributed by atoms with van der Waals surface area (Å²) in [4.78, 5) is 40.7. The monoisotopic (exact) mass is 537 g/mol. The molecule has 3 heterocycles. The Morgan fingerprint density at radius 3 is 2.25 bits per heavy atom. The van der Waals surface area contributed by atoms with E-state index in [9.17, 15) is 19.7 Å². The Balaban J connectivity index is 1.35. The first-order valence-corrected chi connectivity index (χ1v) is 13.7. The Labute approximate surface area is 232 Å². The number of amides is 2. The van der Waals surface area contributed by atoms with Gasteiger partial charge in [0.05, 0.1) is 16.2 Å². The molecule has 0 saturated carbocycles. The molecule has 0 spiro atoms. The number of non-ortho nitro benzene ring substituents is 1. The lowest BCUT2D eigenvalue weighted by molar-refractivity contribution is -0.384. The highest BCUT2D eigenvalue weighted by Gasteiger charge is 2.30. The lowest BCUT2D eigenvalue weighted by atomic mass is 9.98. The summed E-state index contributed by atoms with van der Waals surface area (Å²) >= 11 is 0. The molecule has 3 aromatic carbocycles. The van der Waals surface area contributed by atoms with E-state index < -0.39 is 4.92 Å². The van der Waals surface area contributed by atoms with Gasteiger partial charge in [-0.15, -0.1) is 0 Å². The van der Waals surface area contributed by atoms with Gasteiger partial charge in [-0.3, -0.25) is 24.6 Å². The topological polar surface area (TPSA) is 108 Å². The minimum atomic E-state index is -0.457. The highest BCUT2D eigenvalue weighted by molar-refractivity contribution is 6.37. The molecule has 3 aromatic rings. The Kier molecular flexibility index (Phi) is 7.04. The zero-order valence-corrected chi connectivity index (χ0v) is 22.2. The molecule has 2 fully saturated rings. The Hall–Kier alpha value is -4.50. The van der Waals surface area contributed by atoms with Crippen molar-refractivity contribution in [2.75, 3.05) is 30.3 Å². The molecule has 9 heteroatoms. The van der Waals surface area contributed by atoms with E-state index in [1.54, 1.807) is 6.07 Å². The van der Waals surface area contributed by atoms with Gasteiger partial charge in [0, 0.05) is 55.1 Å². The highest BCUT2D eigenvalue weighted by Crippen LogP contribution is 2.39. The molecule has 0 atom stereocenters. The summed E-state index contributed by atoms with van der Waals surface area (Å²) in [6.07, 6.45) is 3.96. The SMILES string of the molecule is O=C1Nc2ccc([N+](=O)[O-])cc2C1=C(Nc1ccc(CN2CCCC2)cc1)c1ccc(CN2CCCC2=O)cc1. The second-order valence-corrected chi connectivity index (χ2v) is 10.6. The highest BCUT2D eigenvalue weighted by atomic mass is 16.6. The first-order valence-electron chi connectivity index (χ1n) is 13.7. The maximum Gasteiger partial charge on any atom is 0.270 e. The molecule has 0 radical (unpaired) electrons. The molecule has 0 aromatic heterocycles. The predicted octanol–water partition coefficient (Wildman–Crippen LogP) is 5.25. The number of fused-ring (bicyclic) bond motifs is 1. The minimum Gasteiger partial charge on any atom is -0.354 e. The van der Waals surface area contributed by atoms with Crippen LogP contribution in [0.5, 0.6) is 0 Å². The molecule has 0 bridgehead atoms. The molecule has 0 aliphatic carbocycles. The van der Waals surface area contributed by atoms with Gasteiger partial charge in [0.2, 0.25) is 5.91 Å². The Morgan fingerprint density at radius 1 is 0.875 bits per heavy atom. The second kappa shape index (κ2) is 10.9. The maximum atomic E-state index is 13.3. The average Bonchev–Trinajstić information content (AvgIpc) is 3.69. The quantitative estimate of drug-likeness (QED) is 0.231. The van der Waals surface area contributed by atoms with E-state index in [0.29, 0.717) is 35.5 Å². The summed E-state index contributed by atoms with van der Waals surface area (Å²) in [5.41, 5.74) is 5.66. The van der Waals surface area contributed by atoms with Crippen LogP contribution in [0.2, 0.25) is 0 Å². The number of hydrogen-bond donors (Lipinski definition) is 2. The summed E-state index contributed by atoms with van der Waals surface area (Å²) in [5, 5.41) is 17.8. The van der Waals surface area contributed by atoms with Crippen LogP contribution in [0.4, 0.5) is 17.1 Å². The van der Waals surface area contributed by atoms with Crippen LogP contribution in [0, 0.1) is 10.1 Å². The number of nitro benzene ring substituents is 1. The van der Waals surface area contributed by atoms with Crippen LogP contribution in [0.15, 0.2) is 66.7 Å². The summed E-state index contributed by atoms with van der Waals surface area (Å²) in [5.74, 6) is -0.155. The lowest BCUT2D eigenvalue weighted by Gasteiger charge is -2.18. The number of nitro groups is 1. The van der Waals surface area contributed by atoms with E-state index in [0.717, 1.165) is 49.4 Å². The Morgan fingerprint density at radius 2 is 1.57 bits per heavy atom. The van der Waals surface area contributed by atoms with Gasteiger partial charge < -0.3 is 15.5 Å². The first-order chi connectivity index (χ1) is 19.4. The molecule has 2 saturated heterocycles. The minimum absolute atomic E-state index is 0.0796. The van der Waals surface area contributed by atoms with Crippen molar-refractivity contribution in [3.63, 3.8) is 0 Å².